The minimum Gasteiger partial charge on any atom is -0.348 e. The molecule has 2 amide bonds. The van der Waals surface area contributed by atoms with Crippen LogP contribution in [-0.4, -0.2) is 52.9 Å². The van der Waals surface area contributed by atoms with Gasteiger partial charge in [0.2, 0.25) is 17.8 Å². The summed E-state index contributed by atoms with van der Waals surface area (Å²) in [5.41, 5.74) is 3.24. The molecule has 33 heavy (non-hydrogen) atoms. The fraction of sp³-hybridized carbons (Fsp3) is 0.538. The zero-order valence-corrected chi connectivity index (χ0v) is 19.6. The van der Waals surface area contributed by atoms with Crippen LogP contribution in [-0.2, 0) is 16.0 Å². The van der Waals surface area contributed by atoms with E-state index in [2.05, 4.69) is 41.2 Å². The van der Waals surface area contributed by atoms with Crippen molar-refractivity contribution < 1.29 is 9.59 Å². The molecule has 1 N–H and O–H groups in total. The quantitative estimate of drug-likeness (QED) is 0.761. The Morgan fingerprint density at radius 2 is 1.94 bits per heavy atom. The number of aromatic nitrogens is 2. The van der Waals surface area contributed by atoms with Crippen molar-refractivity contribution in [1.82, 2.24) is 20.2 Å². The molecule has 2 fully saturated rings. The van der Waals surface area contributed by atoms with E-state index in [1.807, 2.05) is 24.4 Å². The Morgan fingerprint density at radius 1 is 1.18 bits per heavy atom. The average molecular weight is 448 g/mol. The van der Waals surface area contributed by atoms with Crippen molar-refractivity contribution >= 4 is 17.8 Å². The van der Waals surface area contributed by atoms with Crippen molar-refractivity contribution in [3.8, 4) is 0 Å². The lowest BCUT2D eigenvalue weighted by atomic mass is 9.74. The summed E-state index contributed by atoms with van der Waals surface area (Å²) in [5, 5.41) is 3.20. The van der Waals surface area contributed by atoms with E-state index in [-0.39, 0.29) is 35.7 Å². The summed E-state index contributed by atoms with van der Waals surface area (Å²) < 4.78 is 0. The number of hydrogen-bond acceptors (Lipinski definition) is 5. The highest BCUT2D eigenvalue weighted by molar-refractivity contribution is 5.86. The smallest absolute Gasteiger partial charge is 0.240 e. The molecule has 3 heterocycles. The van der Waals surface area contributed by atoms with Crippen LogP contribution in [0, 0.1) is 5.41 Å². The Morgan fingerprint density at radius 3 is 2.70 bits per heavy atom. The molecule has 5 rings (SSSR count). The molecule has 2 aromatic rings. The van der Waals surface area contributed by atoms with E-state index < -0.39 is 0 Å². The van der Waals surface area contributed by atoms with Gasteiger partial charge < -0.3 is 15.1 Å². The topological polar surface area (TPSA) is 78.4 Å². The summed E-state index contributed by atoms with van der Waals surface area (Å²) in [6.07, 6.45) is 6.45. The van der Waals surface area contributed by atoms with Crippen molar-refractivity contribution in [2.24, 2.45) is 5.41 Å². The summed E-state index contributed by atoms with van der Waals surface area (Å²) in [6.45, 7) is 7.15. The lowest BCUT2D eigenvalue weighted by Gasteiger charge is -2.37. The summed E-state index contributed by atoms with van der Waals surface area (Å²) in [4.78, 5) is 39.1. The molecule has 2 aliphatic heterocycles. The van der Waals surface area contributed by atoms with E-state index in [0.29, 0.717) is 13.0 Å². The van der Waals surface area contributed by atoms with Gasteiger partial charge in [0.1, 0.15) is 0 Å². The first-order valence-electron chi connectivity index (χ1n) is 12.1. The molecular formula is C26H33N5O2. The minimum atomic E-state index is -0.133. The first-order chi connectivity index (χ1) is 15.9. The number of nitrogens with zero attached hydrogens (tertiary/aromatic N) is 4. The van der Waals surface area contributed by atoms with Gasteiger partial charge in [0.05, 0.1) is 18.3 Å². The maximum atomic E-state index is 13.0. The largest absolute Gasteiger partial charge is 0.348 e. The van der Waals surface area contributed by atoms with Crippen LogP contribution in [0.4, 0.5) is 5.95 Å². The van der Waals surface area contributed by atoms with Gasteiger partial charge in [0.15, 0.2) is 0 Å². The number of fused-ring (bicyclic) bond motifs is 1. The number of benzene rings is 1. The molecule has 2 unspecified atom stereocenters. The molecule has 0 spiro atoms. The molecule has 3 aliphatic rings. The Hall–Kier alpha value is -2.96. The predicted molar refractivity (Wildman–Crippen MR) is 127 cm³/mol. The van der Waals surface area contributed by atoms with Crippen LogP contribution < -0.4 is 10.2 Å². The molecule has 7 nitrogen and oxygen atoms in total. The highest BCUT2D eigenvalue weighted by Gasteiger charge is 2.36. The van der Waals surface area contributed by atoms with E-state index in [1.54, 1.807) is 4.90 Å². The molecule has 2 atom stereocenters. The van der Waals surface area contributed by atoms with Gasteiger partial charge in [0, 0.05) is 43.7 Å². The second-order valence-corrected chi connectivity index (χ2v) is 10.5. The van der Waals surface area contributed by atoms with Crippen molar-refractivity contribution in [3.63, 3.8) is 0 Å². The van der Waals surface area contributed by atoms with Gasteiger partial charge in [-0.1, -0.05) is 44.2 Å². The molecular weight excluding hydrogens is 414 g/mol. The van der Waals surface area contributed by atoms with Crippen molar-refractivity contribution in [1.29, 1.82) is 0 Å². The molecule has 174 valence electrons. The van der Waals surface area contributed by atoms with Crippen LogP contribution in [0.15, 0.2) is 36.5 Å². The zero-order valence-electron chi connectivity index (χ0n) is 19.6. The highest BCUT2D eigenvalue weighted by atomic mass is 16.2. The van der Waals surface area contributed by atoms with Crippen LogP contribution in [0.1, 0.15) is 68.3 Å². The van der Waals surface area contributed by atoms with Gasteiger partial charge in [0.25, 0.3) is 0 Å². The number of rotatable bonds is 5. The Bertz CT molecular complexity index is 1030. The van der Waals surface area contributed by atoms with Crippen molar-refractivity contribution in [2.45, 2.75) is 57.9 Å². The van der Waals surface area contributed by atoms with Gasteiger partial charge in [-0.15, -0.1) is 0 Å². The number of amides is 2. The number of hydrogen-bond donors (Lipinski definition) is 1. The van der Waals surface area contributed by atoms with Crippen LogP contribution >= 0.6 is 0 Å². The third-order valence-electron chi connectivity index (χ3n) is 7.21. The first kappa shape index (κ1) is 21.9. The van der Waals surface area contributed by atoms with Gasteiger partial charge in [-0.2, -0.15) is 0 Å². The third kappa shape index (κ3) is 4.72. The molecule has 2 saturated heterocycles. The fourth-order valence-electron chi connectivity index (χ4n) is 5.52. The van der Waals surface area contributed by atoms with Crippen molar-refractivity contribution in [3.05, 3.63) is 53.3 Å². The molecule has 0 bridgehead atoms. The lowest BCUT2D eigenvalue weighted by molar-refractivity contribution is -0.133. The Labute approximate surface area is 195 Å². The highest BCUT2D eigenvalue weighted by Crippen LogP contribution is 2.40. The van der Waals surface area contributed by atoms with Crippen LogP contribution in [0.2, 0.25) is 0 Å². The molecule has 1 aliphatic carbocycles. The standard InChI is InChI=1S/C26H33N5O2/c1-26(2)13-21(20-15-27-25(29-22(20)14-26)30-10-6-7-11-30)28-23(32)17-31-16-19(12-24(31)33)18-8-4-3-5-9-18/h3-5,8-9,15,19,21H,6-7,10-14,16-17H2,1-2H3,(H,28,32). The molecule has 1 aromatic heterocycles. The van der Waals surface area contributed by atoms with Crippen molar-refractivity contribution in [2.75, 3.05) is 31.1 Å². The van der Waals surface area contributed by atoms with Crippen LogP contribution in [0.5, 0.6) is 0 Å². The minimum absolute atomic E-state index is 0.0312. The summed E-state index contributed by atoms with van der Waals surface area (Å²) >= 11 is 0. The maximum absolute atomic E-state index is 13.0. The summed E-state index contributed by atoms with van der Waals surface area (Å²) in [5.74, 6) is 0.887. The second-order valence-electron chi connectivity index (χ2n) is 10.5. The van der Waals surface area contributed by atoms with Crippen LogP contribution in [0.25, 0.3) is 0 Å². The number of carbonyl (C=O) groups is 2. The number of carbonyl (C=O) groups excluding carboxylic acids is 2. The van der Waals surface area contributed by atoms with Gasteiger partial charge in [-0.3, -0.25) is 9.59 Å². The third-order valence-corrected chi connectivity index (χ3v) is 7.21. The lowest BCUT2D eigenvalue weighted by Crippen LogP contribution is -2.42. The first-order valence-corrected chi connectivity index (χ1v) is 12.1. The number of anilines is 1. The Kier molecular flexibility index (Phi) is 5.81. The predicted octanol–water partition coefficient (Wildman–Crippen LogP) is 3.22. The number of nitrogens with one attached hydrogen (secondary N) is 1. The van der Waals surface area contributed by atoms with E-state index in [1.165, 1.54) is 12.8 Å². The number of likely N-dealkylation sites (tertiary alicyclic amines) is 1. The normalized spacial score (nSPS) is 24.1. The molecule has 0 saturated carbocycles. The average Bonchev–Trinajstić information content (AvgIpc) is 3.44. The van der Waals surface area contributed by atoms with E-state index in [4.69, 9.17) is 4.98 Å². The van der Waals surface area contributed by atoms with E-state index in [0.717, 1.165) is 48.7 Å². The summed E-state index contributed by atoms with van der Waals surface area (Å²) in [7, 11) is 0. The SMILES string of the molecule is CC1(C)Cc2nc(N3CCCC3)ncc2C(NC(=O)CN2CC(c3ccccc3)CC2=O)C1. The summed E-state index contributed by atoms with van der Waals surface area (Å²) in [6, 6.07) is 9.94. The van der Waals surface area contributed by atoms with Gasteiger partial charge >= 0.3 is 0 Å². The molecule has 1 aromatic carbocycles. The van der Waals surface area contributed by atoms with Crippen LogP contribution in [0.3, 0.4) is 0 Å². The molecule has 0 radical (unpaired) electrons. The Balaban J connectivity index is 1.27. The monoisotopic (exact) mass is 447 g/mol. The molecule has 7 heteroatoms. The van der Waals surface area contributed by atoms with E-state index >= 15 is 0 Å². The van der Waals surface area contributed by atoms with Gasteiger partial charge in [-0.05, 0) is 36.7 Å². The fourth-order valence-corrected chi connectivity index (χ4v) is 5.52. The van der Waals surface area contributed by atoms with E-state index in [9.17, 15) is 9.59 Å². The second kappa shape index (κ2) is 8.76. The van der Waals surface area contributed by atoms with Gasteiger partial charge in [-0.25, -0.2) is 9.97 Å². The maximum Gasteiger partial charge on any atom is 0.240 e. The zero-order chi connectivity index (χ0) is 23.0.